The molecule has 2 aromatic carbocycles. The molecule has 0 saturated heterocycles. The molecule has 0 N–H and O–H groups in total. The molecule has 8 nitrogen and oxygen atoms in total. The fourth-order valence-electron chi connectivity index (χ4n) is 5.08. The molecule has 3 aliphatic rings. The van der Waals surface area contributed by atoms with Gasteiger partial charge in [-0.1, -0.05) is 18.2 Å². The second kappa shape index (κ2) is 11.6. The van der Waals surface area contributed by atoms with Crippen molar-refractivity contribution in [1.29, 1.82) is 0 Å². The number of pyridine rings is 1. The molecule has 1 amide bonds. The van der Waals surface area contributed by atoms with Crippen molar-refractivity contribution < 1.29 is 23.7 Å². The molecule has 0 aliphatic carbocycles. The summed E-state index contributed by atoms with van der Waals surface area (Å²) in [5.41, 5.74) is 4.30. The average Bonchev–Trinajstić information content (AvgIpc) is 2.94. The summed E-state index contributed by atoms with van der Waals surface area (Å²) in [5, 5.41) is 0. The third-order valence-corrected chi connectivity index (χ3v) is 6.93. The van der Waals surface area contributed by atoms with Gasteiger partial charge in [-0.15, -0.1) is 0 Å². The van der Waals surface area contributed by atoms with E-state index in [1.54, 1.807) is 20.4 Å². The highest BCUT2D eigenvalue weighted by Gasteiger charge is 2.34. The van der Waals surface area contributed by atoms with Crippen LogP contribution >= 0.6 is 0 Å². The SMILES string of the molecule is COc1cc2c(cc1OC)C1c3ccc(cc3)OCCOCCN(Cc3cccnc3)CC(=O)N1CC2. The first kappa shape index (κ1) is 25.0. The number of carbonyl (C=O) groups excluding carboxylic acids is 1. The van der Waals surface area contributed by atoms with Gasteiger partial charge in [0.15, 0.2) is 11.5 Å². The molecule has 0 spiro atoms. The Hall–Kier alpha value is -3.62. The van der Waals surface area contributed by atoms with Crippen LogP contribution in [0.5, 0.6) is 17.2 Å². The maximum Gasteiger partial charge on any atom is 0.237 e. The van der Waals surface area contributed by atoms with E-state index >= 15 is 0 Å². The zero-order chi connectivity index (χ0) is 25.6. The van der Waals surface area contributed by atoms with Crippen LogP contribution in [-0.4, -0.2) is 74.4 Å². The molecule has 8 heteroatoms. The van der Waals surface area contributed by atoms with Crippen LogP contribution < -0.4 is 14.2 Å². The number of ether oxygens (including phenoxy) is 4. The van der Waals surface area contributed by atoms with Crippen molar-refractivity contribution in [3.8, 4) is 17.2 Å². The summed E-state index contributed by atoms with van der Waals surface area (Å²) in [4.78, 5) is 22.3. The van der Waals surface area contributed by atoms with Gasteiger partial charge in [0.25, 0.3) is 0 Å². The normalized spacial score (nSPS) is 18.7. The number of amides is 1. The van der Waals surface area contributed by atoms with Gasteiger partial charge in [0, 0.05) is 32.0 Å². The monoisotopic (exact) mass is 503 g/mol. The second-order valence-electron chi connectivity index (χ2n) is 9.25. The highest BCUT2D eigenvalue weighted by molar-refractivity contribution is 5.80. The van der Waals surface area contributed by atoms with Crippen LogP contribution in [0.2, 0.25) is 0 Å². The van der Waals surface area contributed by atoms with E-state index in [1.807, 2.05) is 59.6 Å². The molecule has 1 unspecified atom stereocenters. The van der Waals surface area contributed by atoms with Crippen molar-refractivity contribution >= 4 is 5.91 Å². The smallest absolute Gasteiger partial charge is 0.237 e. The number of hydrogen-bond donors (Lipinski definition) is 0. The largest absolute Gasteiger partial charge is 0.493 e. The van der Waals surface area contributed by atoms with Crippen molar-refractivity contribution in [3.05, 3.63) is 83.2 Å². The Balaban J connectivity index is 1.51. The Labute approximate surface area is 217 Å². The minimum Gasteiger partial charge on any atom is -0.493 e. The van der Waals surface area contributed by atoms with Crippen molar-refractivity contribution in [1.82, 2.24) is 14.8 Å². The molecule has 0 radical (unpaired) electrons. The summed E-state index contributed by atoms with van der Waals surface area (Å²) >= 11 is 0. The molecule has 194 valence electrons. The summed E-state index contributed by atoms with van der Waals surface area (Å²) < 4.78 is 22.9. The van der Waals surface area contributed by atoms with Gasteiger partial charge in [0.1, 0.15) is 12.4 Å². The summed E-state index contributed by atoms with van der Waals surface area (Å²) in [7, 11) is 3.28. The van der Waals surface area contributed by atoms with E-state index in [2.05, 4.69) is 9.88 Å². The van der Waals surface area contributed by atoms with Gasteiger partial charge in [0.05, 0.1) is 40.0 Å². The first-order valence-corrected chi connectivity index (χ1v) is 12.6. The van der Waals surface area contributed by atoms with Crippen LogP contribution in [0.1, 0.15) is 28.3 Å². The Morgan fingerprint density at radius 1 is 1.00 bits per heavy atom. The maximum absolute atomic E-state index is 13.9. The van der Waals surface area contributed by atoms with Gasteiger partial charge in [0.2, 0.25) is 5.91 Å². The molecular formula is C29H33N3O5. The van der Waals surface area contributed by atoms with Gasteiger partial charge >= 0.3 is 0 Å². The molecule has 1 atom stereocenters. The number of benzene rings is 2. The minimum absolute atomic E-state index is 0.0736. The fraction of sp³-hybridized carbons (Fsp3) is 0.379. The number of fused-ring (bicyclic) bond motifs is 11. The summed E-state index contributed by atoms with van der Waals surface area (Å²) in [5.74, 6) is 2.21. The Bertz CT molecular complexity index is 1200. The third-order valence-electron chi connectivity index (χ3n) is 6.93. The lowest BCUT2D eigenvalue weighted by atomic mass is 9.87. The summed E-state index contributed by atoms with van der Waals surface area (Å²) in [6.07, 6.45) is 4.34. The van der Waals surface area contributed by atoms with Gasteiger partial charge in [-0.05, 0) is 59.0 Å². The summed E-state index contributed by atoms with van der Waals surface area (Å²) in [6, 6.07) is 15.8. The van der Waals surface area contributed by atoms with Crippen molar-refractivity contribution in [2.75, 3.05) is 53.7 Å². The van der Waals surface area contributed by atoms with Crippen LogP contribution in [0.15, 0.2) is 60.9 Å². The molecular weight excluding hydrogens is 470 g/mol. The predicted octanol–water partition coefficient (Wildman–Crippen LogP) is 3.48. The Morgan fingerprint density at radius 3 is 2.57 bits per heavy atom. The maximum atomic E-state index is 13.9. The highest BCUT2D eigenvalue weighted by Crippen LogP contribution is 2.41. The van der Waals surface area contributed by atoms with Crippen molar-refractivity contribution in [2.24, 2.45) is 0 Å². The molecule has 2 bridgehead atoms. The van der Waals surface area contributed by atoms with Crippen molar-refractivity contribution in [3.63, 3.8) is 0 Å². The van der Waals surface area contributed by atoms with E-state index in [9.17, 15) is 4.79 Å². The van der Waals surface area contributed by atoms with Gasteiger partial charge in [-0.2, -0.15) is 0 Å². The van der Waals surface area contributed by atoms with E-state index < -0.39 is 0 Å². The van der Waals surface area contributed by atoms with Crippen LogP contribution in [0.25, 0.3) is 0 Å². The van der Waals surface area contributed by atoms with Crippen molar-refractivity contribution in [2.45, 2.75) is 19.0 Å². The Kier molecular flexibility index (Phi) is 7.87. The number of carbonyl (C=O) groups is 1. The number of hydrogen-bond acceptors (Lipinski definition) is 7. The molecule has 0 fully saturated rings. The molecule has 3 aliphatic heterocycles. The highest BCUT2D eigenvalue weighted by atomic mass is 16.5. The average molecular weight is 504 g/mol. The third kappa shape index (κ3) is 5.70. The topological polar surface area (TPSA) is 73.4 Å². The van der Waals surface area contributed by atoms with E-state index in [0.717, 1.165) is 34.4 Å². The molecule has 0 saturated carbocycles. The molecule has 37 heavy (non-hydrogen) atoms. The van der Waals surface area contributed by atoms with E-state index in [4.69, 9.17) is 18.9 Å². The predicted molar refractivity (Wildman–Crippen MR) is 139 cm³/mol. The van der Waals surface area contributed by atoms with E-state index in [0.29, 0.717) is 51.0 Å². The number of methoxy groups -OCH3 is 2. The number of rotatable bonds is 4. The Morgan fingerprint density at radius 2 is 1.81 bits per heavy atom. The molecule has 1 aromatic heterocycles. The first-order chi connectivity index (χ1) is 18.2. The summed E-state index contributed by atoms with van der Waals surface area (Å²) in [6.45, 7) is 3.61. The van der Waals surface area contributed by atoms with Gasteiger partial charge in [-0.25, -0.2) is 0 Å². The molecule has 6 rings (SSSR count). The molecule has 3 aromatic rings. The van der Waals surface area contributed by atoms with Crippen LogP contribution in [0, 0.1) is 0 Å². The fourth-order valence-corrected chi connectivity index (χ4v) is 5.08. The molecule has 4 heterocycles. The van der Waals surface area contributed by atoms with Gasteiger partial charge in [-0.3, -0.25) is 14.7 Å². The zero-order valence-electron chi connectivity index (χ0n) is 21.4. The lowest BCUT2D eigenvalue weighted by Gasteiger charge is -2.39. The number of nitrogens with zero attached hydrogens (tertiary/aromatic N) is 3. The first-order valence-electron chi connectivity index (χ1n) is 12.6. The van der Waals surface area contributed by atoms with E-state index in [-0.39, 0.29) is 18.5 Å². The lowest BCUT2D eigenvalue weighted by Crippen LogP contribution is -2.46. The van der Waals surface area contributed by atoms with Crippen LogP contribution in [-0.2, 0) is 22.5 Å². The number of aromatic nitrogens is 1. The standard InChI is InChI=1S/C29H33N3O5/c1-34-26-16-23-9-11-32-28(33)20-31(19-21-4-3-10-30-18-21)12-13-36-14-15-37-24-7-5-22(6-8-24)29(32)25(23)17-27(26)35-2/h3-8,10,16-18,29H,9,11-15,19-20H2,1-2H3. The van der Waals surface area contributed by atoms with Crippen LogP contribution in [0.4, 0.5) is 0 Å². The van der Waals surface area contributed by atoms with E-state index in [1.165, 1.54) is 0 Å². The zero-order valence-corrected chi connectivity index (χ0v) is 21.4. The van der Waals surface area contributed by atoms with Gasteiger partial charge < -0.3 is 23.8 Å². The lowest BCUT2D eigenvalue weighted by molar-refractivity contribution is -0.134. The second-order valence-corrected chi connectivity index (χ2v) is 9.25. The van der Waals surface area contributed by atoms with Crippen LogP contribution in [0.3, 0.4) is 0 Å². The quantitative estimate of drug-likeness (QED) is 0.505. The minimum atomic E-state index is -0.244.